The van der Waals surface area contributed by atoms with E-state index in [0.717, 1.165) is 28.0 Å². The van der Waals surface area contributed by atoms with E-state index in [9.17, 15) is 14.4 Å². The molecule has 3 heterocycles. The van der Waals surface area contributed by atoms with Crippen LogP contribution in [0.25, 0.3) is 6.08 Å². The van der Waals surface area contributed by atoms with Crippen LogP contribution in [0, 0.1) is 0 Å². The lowest BCUT2D eigenvalue weighted by atomic mass is 10.2. The Morgan fingerprint density at radius 2 is 2.17 bits per heavy atom. The van der Waals surface area contributed by atoms with E-state index in [0.29, 0.717) is 28.5 Å². The first kappa shape index (κ1) is 19.1. The Labute approximate surface area is 170 Å². The summed E-state index contributed by atoms with van der Waals surface area (Å²) in [5.74, 6) is 1.25. The summed E-state index contributed by atoms with van der Waals surface area (Å²) in [6, 6.07) is 5.30. The van der Waals surface area contributed by atoms with E-state index < -0.39 is 0 Å². The summed E-state index contributed by atoms with van der Waals surface area (Å²) in [4.78, 5) is 45.3. The van der Waals surface area contributed by atoms with Crippen LogP contribution < -0.4 is 14.8 Å². The van der Waals surface area contributed by atoms with E-state index in [1.54, 1.807) is 24.3 Å². The van der Waals surface area contributed by atoms with Crippen LogP contribution in [0.15, 0.2) is 29.3 Å². The molecule has 1 aromatic carbocycles. The maximum Gasteiger partial charge on any atom is 0.293 e. The fourth-order valence-corrected chi connectivity index (χ4v) is 3.75. The van der Waals surface area contributed by atoms with Crippen molar-refractivity contribution in [3.8, 4) is 11.5 Å². The number of thioether (sulfide) groups is 1. The third kappa shape index (κ3) is 3.97. The van der Waals surface area contributed by atoms with Crippen LogP contribution in [0.5, 0.6) is 11.5 Å². The highest BCUT2D eigenvalue weighted by molar-refractivity contribution is 8.18. The Balaban J connectivity index is 1.36. The van der Waals surface area contributed by atoms with Gasteiger partial charge in [0.25, 0.3) is 17.1 Å². The van der Waals surface area contributed by atoms with E-state index in [1.165, 1.54) is 6.20 Å². The normalized spacial score (nSPS) is 16.7. The molecular formula is C19H18N4O5S. The van der Waals surface area contributed by atoms with Crippen LogP contribution >= 0.6 is 11.8 Å². The van der Waals surface area contributed by atoms with Crippen molar-refractivity contribution in [3.63, 3.8) is 0 Å². The minimum Gasteiger partial charge on any atom is -0.454 e. The zero-order chi connectivity index (χ0) is 20.4. The predicted octanol–water partition coefficient (Wildman–Crippen LogP) is 2.17. The molecule has 0 unspecified atom stereocenters. The van der Waals surface area contributed by atoms with Crippen molar-refractivity contribution >= 4 is 34.9 Å². The fraction of sp³-hybridized carbons (Fsp3) is 0.263. The molecule has 4 rings (SSSR count). The van der Waals surface area contributed by atoms with Gasteiger partial charge in [-0.2, -0.15) is 0 Å². The van der Waals surface area contributed by atoms with Gasteiger partial charge in [0.1, 0.15) is 11.5 Å². The van der Waals surface area contributed by atoms with Gasteiger partial charge in [0.15, 0.2) is 11.5 Å². The third-order valence-corrected chi connectivity index (χ3v) is 5.30. The molecule has 10 heteroatoms. The second kappa shape index (κ2) is 8.00. The minimum absolute atomic E-state index is 0.0870. The number of fused-ring (bicyclic) bond motifs is 1. The molecule has 0 atom stereocenters. The van der Waals surface area contributed by atoms with Crippen molar-refractivity contribution in [2.75, 3.05) is 19.9 Å². The maximum absolute atomic E-state index is 12.6. The first-order valence-corrected chi connectivity index (χ1v) is 9.84. The number of nitrogens with zero attached hydrogens (tertiary/aromatic N) is 2. The maximum atomic E-state index is 12.6. The van der Waals surface area contributed by atoms with E-state index in [2.05, 4.69) is 15.3 Å². The number of imidazole rings is 1. The number of ether oxygens (including phenoxy) is 2. The van der Waals surface area contributed by atoms with Gasteiger partial charge in [-0.3, -0.25) is 19.3 Å². The first-order valence-electron chi connectivity index (χ1n) is 9.02. The molecular weight excluding hydrogens is 396 g/mol. The van der Waals surface area contributed by atoms with Gasteiger partial charge in [-0.15, -0.1) is 0 Å². The molecule has 0 aliphatic carbocycles. The number of carbonyl (C=O) groups is 3. The van der Waals surface area contributed by atoms with E-state index in [4.69, 9.17) is 9.47 Å². The topological polar surface area (TPSA) is 114 Å². The lowest BCUT2D eigenvalue weighted by molar-refractivity contribution is -0.122. The van der Waals surface area contributed by atoms with Gasteiger partial charge in [0.05, 0.1) is 11.1 Å². The predicted molar refractivity (Wildman–Crippen MR) is 106 cm³/mol. The molecule has 3 amide bonds. The summed E-state index contributed by atoms with van der Waals surface area (Å²) in [6.07, 6.45) is 3.80. The second-order valence-corrected chi connectivity index (χ2v) is 7.29. The van der Waals surface area contributed by atoms with Crippen molar-refractivity contribution < 1.29 is 23.9 Å². The van der Waals surface area contributed by atoms with Crippen molar-refractivity contribution in [2.45, 2.75) is 13.3 Å². The van der Waals surface area contributed by atoms with Gasteiger partial charge >= 0.3 is 0 Å². The first-order chi connectivity index (χ1) is 14.0. The summed E-state index contributed by atoms with van der Waals surface area (Å²) in [6.45, 7) is 2.33. The Kier molecular flexibility index (Phi) is 5.26. The number of hydrogen-bond donors (Lipinski definition) is 2. The highest BCUT2D eigenvalue weighted by Gasteiger charge is 2.34. The Morgan fingerprint density at radius 3 is 2.97 bits per heavy atom. The summed E-state index contributed by atoms with van der Waals surface area (Å²) in [7, 11) is 0. The molecule has 0 radical (unpaired) electrons. The SMILES string of the molecule is CCc1ncc(C(=O)NCCN2C(=O)S/C(=C\c3ccc4c(c3)OCO4)C2=O)[nH]1. The monoisotopic (exact) mass is 414 g/mol. The highest BCUT2D eigenvalue weighted by Crippen LogP contribution is 2.36. The van der Waals surface area contributed by atoms with Gasteiger partial charge < -0.3 is 19.8 Å². The summed E-state index contributed by atoms with van der Waals surface area (Å²) in [5.41, 5.74) is 1.08. The average Bonchev–Trinajstić information content (AvgIpc) is 3.43. The zero-order valence-corrected chi connectivity index (χ0v) is 16.4. The van der Waals surface area contributed by atoms with Crippen LogP contribution in [-0.2, 0) is 11.2 Å². The number of carbonyl (C=O) groups excluding carboxylic acids is 3. The molecule has 2 N–H and O–H groups in total. The largest absolute Gasteiger partial charge is 0.454 e. The van der Waals surface area contributed by atoms with Crippen LogP contribution in [-0.4, -0.2) is 51.8 Å². The van der Waals surface area contributed by atoms with Crippen LogP contribution in [0.1, 0.15) is 28.8 Å². The molecule has 1 saturated heterocycles. The third-order valence-electron chi connectivity index (χ3n) is 4.40. The molecule has 0 saturated carbocycles. The molecule has 150 valence electrons. The van der Waals surface area contributed by atoms with E-state index >= 15 is 0 Å². The highest BCUT2D eigenvalue weighted by atomic mass is 32.2. The zero-order valence-electron chi connectivity index (χ0n) is 15.6. The van der Waals surface area contributed by atoms with Gasteiger partial charge in [0.2, 0.25) is 6.79 Å². The van der Waals surface area contributed by atoms with Crippen molar-refractivity contribution in [1.82, 2.24) is 20.2 Å². The Hall–Kier alpha value is -3.27. The number of rotatable bonds is 6. The lowest BCUT2D eigenvalue weighted by Crippen LogP contribution is -2.37. The molecule has 29 heavy (non-hydrogen) atoms. The number of amides is 3. The van der Waals surface area contributed by atoms with Gasteiger partial charge in [-0.1, -0.05) is 13.0 Å². The number of H-pyrrole nitrogens is 1. The summed E-state index contributed by atoms with van der Waals surface area (Å²) in [5, 5.41) is 2.31. The lowest BCUT2D eigenvalue weighted by Gasteiger charge is -2.12. The number of aromatic amines is 1. The summed E-state index contributed by atoms with van der Waals surface area (Å²) >= 11 is 0.869. The van der Waals surface area contributed by atoms with Gasteiger partial charge in [0, 0.05) is 19.5 Å². The minimum atomic E-state index is -0.387. The standard InChI is InChI=1S/C19H18N4O5S/c1-2-16-21-9-12(22-16)17(24)20-5-6-23-18(25)15(29-19(23)26)8-11-3-4-13-14(7-11)28-10-27-13/h3-4,7-9H,2,5-6,10H2,1H3,(H,20,24)(H,21,22)/b15-8-. The van der Waals surface area contributed by atoms with Crippen LogP contribution in [0.2, 0.25) is 0 Å². The molecule has 2 aliphatic heterocycles. The molecule has 1 fully saturated rings. The number of aromatic nitrogens is 2. The van der Waals surface area contributed by atoms with E-state index in [1.807, 2.05) is 6.92 Å². The number of hydrogen-bond acceptors (Lipinski definition) is 7. The number of imide groups is 1. The number of nitrogens with one attached hydrogen (secondary N) is 2. The Morgan fingerprint density at radius 1 is 1.34 bits per heavy atom. The average molecular weight is 414 g/mol. The van der Waals surface area contributed by atoms with Crippen molar-refractivity contribution in [3.05, 3.63) is 46.4 Å². The smallest absolute Gasteiger partial charge is 0.293 e. The van der Waals surface area contributed by atoms with Gasteiger partial charge in [-0.05, 0) is 35.5 Å². The van der Waals surface area contributed by atoms with Crippen molar-refractivity contribution in [1.29, 1.82) is 0 Å². The van der Waals surface area contributed by atoms with E-state index in [-0.39, 0.29) is 36.9 Å². The Bertz CT molecular complexity index is 1020. The number of aryl methyl sites for hydroxylation is 1. The summed E-state index contributed by atoms with van der Waals surface area (Å²) < 4.78 is 10.6. The van der Waals surface area contributed by atoms with Crippen molar-refractivity contribution in [2.24, 2.45) is 0 Å². The molecule has 2 aliphatic rings. The van der Waals surface area contributed by atoms with Crippen LogP contribution in [0.3, 0.4) is 0 Å². The van der Waals surface area contributed by atoms with Gasteiger partial charge in [-0.25, -0.2) is 4.98 Å². The number of benzene rings is 1. The molecule has 0 bridgehead atoms. The van der Waals surface area contributed by atoms with Crippen LogP contribution in [0.4, 0.5) is 4.79 Å². The fourth-order valence-electron chi connectivity index (χ4n) is 2.88. The molecule has 1 aromatic heterocycles. The second-order valence-electron chi connectivity index (χ2n) is 6.30. The quantitative estimate of drug-likeness (QED) is 0.697. The molecule has 2 aromatic rings. The molecule has 0 spiro atoms. The molecule has 9 nitrogen and oxygen atoms in total.